The molecule has 0 radical (unpaired) electrons. The van der Waals surface area contributed by atoms with Gasteiger partial charge < -0.3 is 4.74 Å². The van der Waals surface area contributed by atoms with E-state index in [0.29, 0.717) is 5.75 Å². The van der Waals surface area contributed by atoms with Crippen molar-refractivity contribution >= 4 is 27.3 Å². The van der Waals surface area contributed by atoms with Crippen LogP contribution in [0, 0.1) is 5.82 Å². The average molecular weight is 380 g/mol. The van der Waals surface area contributed by atoms with Gasteiger partial charge in [0.1, 0.15) is 16.5 Å². The van der Waals surface area contributed by atoms with Crippen molar-refractivity contribution in [2.45, 2.75) is 4.90 Å². The molecule has 3 rings (SSSR count). The van der Waals surface area contributed by atoms with Crippen LogP contribution in [0.3, 0.4) is 0 Å². The number of halogens is 2. The third-order valence-electron chi connectivity index (χ3n) is 3.03. The summed E-state index contributed by atoms with van der Waals surface area (Å²) in [7, 11) is -4.12. The van der Waals surface area contributed by atoms with Crippen molar-refractivity contribution in [3.05, 3.63) is 71.9 Å². The van der Waals surface area contributed by atoms with Crippen LogP contribution < -0.4 is 9.46 Å². The number of aromatic nitrogens is 2. The van der Waals surface area contributed by atoms with Crippen molar-refractivity contribution < 1.29 is 17.5 Å². The number of ether oxygens (including phenoxy) is 1. The largest absolute Gasteiger partial charge is 0.437 e. The Kier molecular flexibility index (Phi) is 4.82. The number of anilines is 1. The predicted octanol–water partition coefficient (Wildman–Crippen LogP) is 3.86. The maximum Gasteiger partial charge on any atom is 0.264 e. The molecule has 3 aromatic rings. The first kappa shape index (κ1) is 17.1. The molecule has 0 saturated carbocycles. The van der Waals surface area contributed by atoms with E-state index in [1.807, 2.05) is 0 Å². The molecule has 0 aliphatic rings. The minimum atomic E-state index is -4.12. The van der Waals surface area contributed by atoms with Crippen LogP contribution in [-0.2, 0) is 10.0 Å². The average Bonchev–Trinajstić information content (AvgIpc) is 2.55. The Bertz CT molecular complexity index is 1000. The molecule has 6 nitrogen and oxygen atoms in total. The Hall–Kier alpha value is -2.71. The second-order valence-electron chi connectivity index (χ2n) is 4.85. The molecule has 0 fully saturated rings. The summed E-state index contributed by atoms with van der Waals surface area (Å²) in [6.07, 6.45) is 4.38. The van der Waals surface area contributed by atoms with Gasteiger partial charge in [-0.3, -0.25) is 9.71 Å². The van der Waals surface area contributed by atoms with Gasteiger partial charge in [-0.1, -0.05) is 17.7 Å². The molecule has 9 heteroatoms. The molecule has 1 heterocycles. The molecular weight excluding hydrogens is 369 g/mol. The first-order valence-electron chi connectivity index (χ1n) is 6.96. The predicted molar refractivity (Wildman–Crippen MR) is 90.8 cm³/mol. The van der Waals surface area contributed by atoms with E-state index in [1.165, 1.54) is 36.8 Å². The standard InChI is InChI=1S/C16H11ClFN3O3S/c17-11-4-5-15(14(18)8-11)25(22,23)21-12-2-1-3-13(9-12)24-16-10-19-6-7-20-16/h1-10,21H. The van der Waals surface area contributed by atoms with Gasteiger partial charge in [-0.25, -0.2) is 17.8 Å². The molecule has 0 atom stereocenters. The summed E-state index contributed by atoms with van der Waals surface area (Å²) >= 11 is 5.64. The van der Waals surface area contributed by atoms with E-state index in [9.17, 15) is 12.8 Å². The first-order chi connectivity index (χ1) is 11.9. The highest BCUT2D eigenvalue weighted by Crippen LogP contribution is 2.25. The molecule has 0 aliphatic heterocycles. The molecule has 0 unspecified atom stereocenters. The highest BCUT2D eigenvalue weighted by Gasteiger charge is 2.19. The zero-order chi connectivity index (χ0) is 17.9. The maximum atomic E-state index is 13.9. The van der Waals surface area contributed by atoms with Gasteiger partial charge in [-0.2, -0.15) is 0 Å². The van der Waals surface area contributed by atoms with Gasteiger partial charge in [-0.05, 0) is 30.3 Å². The number of nitrogens with one attached hydrogen (secondary N) is 1. The lowest BCUT2D eigenvalue weighted by molar-refractivity contribution is 0.460. The minimum Gasteiger partial charge on any atom is -0.437 e. The molecule has 0 bridgehead atoms. The van der Waals surface area contributed by atoms with E-state index < -0.39 is 20.7 Å². The molecular formula is C16H11ClFN3O3S. The summed E-state index contributed by atoms with van der Waals surface area (Å²) in [4.78, 5) is 7.33. The summed E-state index contributed by atoms with van der Waals surface area (Å²) in [5.41, 5.74) is 0.204. The number of nitrogens with zero attached hydrogens (tertiary/aromatic N) is 2. The number of rotatable bonds is 5. The molecule has 0 amide bonds. The lowest BCUT2D eigenvalue weighted by atomic mass is 10.3. The maximum absolute atomic E-state index is 13.9. The van der Waals surface area contributed by atoms with Crippen LogP contribution in [0.5, 0.6) is 11.6 Å². The van der Waals surface area contributed by atoms with Gasteiger partial charge in [0.15, 0.2) is 0 Å². The van der Waals surface area contributed by atoms with E-state index in [1.54, 1.807) is 12.1 Å². The van der Waals surface area contributed by atoms with Crippen LogP contribution in [0.15, 0.2) is 66.0 Å². The molecule has 2 aromatic carbocycles. The Labute approximate surface area is 148 Å². The van der Waals surface area contributed by atoms with Crippen LogP contribution in [0.25, 0.3) is 0 Å². The van der Waals surface area contributed by atoms with Crippen molar-refractivity contribution in [1.29, 1.82) is 0 Å². The van der Waals surface area contributed by atoms with E-state index in [4.69, 9.17) is 16.3 Å². The molecule has 1 aromatic heterocycles. The van der Waals surface area contributed by atoms with Gasteiger partial charge >= 0.3 is 0 Å². The molecule has 25 heavy (non-hydrogen) atoms. The lowest BCUT2D eigenvalue weighted by Crippen LogP contribution is -2.14. The van der Waals surface area contributed by atoms with Crippen LogP contribution in [0.4, 0.5) is 10.1 Å². The number of hydrogen-bond acceptors (Lipinski definition) is 5. The lowest BCUT2D eigenvalue weighted by Gasteiger charge is -2.10. The van der Waals surface area contributed by atoms with E-state index in [2.05, 4.69) is 14.7 Å². The first-order valence-corrected chi connectivity index (χ1v) is 8.82. The Morgan fingerprint density at radius 1 is 1.12 bits per heavy atom. The Morgan fingerprint density at radius 3 is 2.68 bits per heavy atom. The SMILES string of the molecule is O=S(=O)(Nc1cccc(Oc2cnccn2)c1)c1ccc(Cl)cc1F. The quantitative estimate of drug-likeness (QED) is 0.728. The highest BCUT2D eigenvalue weighted by molar-refractivity contribution is 7.92. The van der Waals surface area contributed by atoms with Gasteiger partial charge in [0, 0.05) is 23.5 Å². The molecule has 0 saturated heterocycles. The Morgan fingerprint density at radius 2 is 1.96 bits per heavy atom. The van der Waals surface area contributed by atoms with Crippen molar-refractivity contribution in [2.24, 2.45) is 0 Å². The van der Waals surface area contributed by atoms with Gasteiger partial charge in [0.2, 0.25) is 5.88 Å². The highest BCUT2D eigenvalue weighted by atomic mass is 35.5. The van der Waals surface area contributed by atoms with E-state index >= 15 is 0 Å². The van der Waals surface area contributed by atoms with Crippen LogP contribution in [0.1, 0.15) is 0 Å². The van der Waals surface area contributed by atoms with Crippen molar-refractivity contribution in [3.8, 4) is 11.6 Å². The summed E-state index contributed by atoms with van der Waals surface area (Å²) < 4.78 is 46.3. The fourth-order valence-electron chi connectivity index (χ4n) is 1.99. The van der Waals surface area contributed by atoms with Crippen LogP contribution >= 0.6 is 11.6 Å². The second-order valence-corrected chi connectivity index (χ2v) is 6.94. The molecule has 128 valence electrons. The van der Waals surface area contributed by atoms with E-state index in [-0.39, 0.29) is 16.6 Å². The monoisotopic (exact) mass is 379 g/mol. The zero-order valence-electron chi connectivity index (χ0n) is 12.6. The van der Waals surface area contributed by atoms with Crippen molar-refractivity contribution in [2.75, 3.05) is 4.72 Å². The number of benzene rings is 2. The smallest absolute Gasteiger partial charge is 0.264 e. The third kappa shape index (κ3) is 4.23. The zero-order valence-corrected chi connectivity index (χ0v) is 14.1. The van der Waals surface area contributed by atoms with Crippen molar-refractivity contribution in [1.82, 2.24) is 9.97 Å². The van der Waals surface area contributed by atoms with Gasteiger partial charge in [0.25, 0.3) is 10.0 Å². The fraction of sp³-hybridized carbons (Fsp3) is 0. The van der Waals surface area contributed by atoms with Crippen molar-refractivity contribution in [3.63, 3.8) is 0 Å². The summed E-state index contributed by atoms with van der Waals surface area (Å²) in [5.74, 6) is -0.338. The minimum absolute atomic E-state index is 0.107. The summed E-state index contributed by atoms with van der Waals surface area (Å²) in [5, 5.41) is 0.107. The fourth-order valence-corrected chi connectivity index (χ4v) is 3.25. The third-order valence-corrected chi connectivity index (χ3v) is 4.68. The van der Waals surface area contributed by atoms with Gasteiger partial charge in [0.05, 0.1) is 11.9 Å². The molecule has 0 spiro atoms. The van der Waals surface area contributed by atoms with Crippen LogP contribution in [-0.4, -0.2) is 18.4 Å². The summed E-state index contributed by atoms with van der Waals surface area (Å²) in [6, 6.07) is 9.49. The van der Waals surface area contributed by atoms with Crippen LogP contribution in [0.2, 0.25) is 5.02 Å². The van der Waals surface area contributed by atoms with E-state index in [0.717, 1.165) is 12.1 Å². The second kappa shape index (κ2) is 7.04. The summed E-state index contributed by atoms with van der Waals surface area (Å²) in [6.45, 7) is 0. The van der Waals surface area contributed by atoms with Gasteiger partial charge in [-0.15, -0.1) is 0 Å². The Balaban J connectivity index is 1.84. The number of hydrogen-bond donors (Lipinski definition) is 1. The number of sulfonamides is 1. The molecule has 0 aliphatic carbocycles. The normalized spacial score (nSPS) is 11.1. The molecule has 1 N–H and O–H groups in total. The topological polar surface area (TPSA) is 81.2 Å².